The molecule has 0 bridgehead atoms. The quantitative estimate of drug-likeness (QED) is 0.466. The number of aryl methyl sites for hydroxylation is 1. The predicted octanol–water partition coefficient (Wildman–Crippen LogP) is 3.98. The zero-order chi connectivity index (χ0) is 21.4. The molecule has 30 heavy (non-hydrogen) atoms. The second-order valence-corrected chi connectivity index (χ2v) is 9.82. The van der Waals surface area contributed by atoms with Crippen LogP contribution in [0.1, 0.15) is 30.2 Å². The monoisotopic (exact) mass is 425 g/mol. The summed E-state index contributed by atoms with van der Waals surface area (Å²) in [6.07, 6.45) is 4.46. The summed E-state index contributed by atoms with van der Waals surface area (Å²) >= 11 is 0. The van der Waals surface area contributed by atoms with Crippen LogP contribution in [0.15, 0.2) is 72.0 Å². The highest BCUT2D eigenvalue weighted by Gasteiger charge is 2.22. The van der Waals surface area contributed by atoms with E-state index >= 15 is 0 Å². The SMILES string of the molecule is CCS(=O)(=O)c1ncc(CN(C)CCc2ccccc2)n1CCCc1ccccc1. The highest BCUT2D eigenvalue weighted by atomic mass is 32.2. The van der Waals surface area contributed by atoms with Crippen LogP contribution in [0.4, 0.5) is 0 Å². The highest BCUT2D eigenvalue weighted by Crippen LogP contribution is 2.17. The summed E-state index contributed by atoms with van der Waals surface area (Å²) in [7, 11) is -1.29. The molecule has 6 heteroatoms. The Labute approximate surface area is 180 Å². The second kappa shape index (κ2) is 10.5. The number of aromatic nitrogens is 2. The van der Waals surface area contributed by atoms with Crippen LogP contribution in [0.3, 0.4) is 0 Å². The number of hydrogen-bond donors (Lipinski definition) is 0. The van der Waals surface area contributed by atoms with E-state index in [-0.39, 0.29) is 10.9 Å². The van der Waals surface area contributed by atoms with Crippen molar-refractivity contribution >= 4 is 9.84 Å². The maximum absolute atomic E-state index is 12.6. The maximum Gasteiger partial charge on any atom is 0.227 e. The number of imidazole rings is 1. The van der Waals surface area contributed by atoms with E-state index in [1.807, 2.05) is 28.8 Å². The topological polar surface area (TPSA) is 55.2 Å². The smallest absolute Gasteiger partial charge is 0.227 e. The van der Waals surface area contributed by atoms with Crippen LogP contribution >= 0.6 is 0 Å². The third kappa shape index (κ3) is 6.03. The second-order valence-electron chi connectivity index (χ2n) is 7.65. The fourth-order valence-corrected chi connectivity index (χ4v) is 4.56. The van der Waals surface area contributed by atoms with Crippen LogP contribution in [-0.4, -0.2) is 42.2 Å². The number of likely N-dealkylation sites (N-methyl/N-ethyl adjacent to an activating group) is 1. The van der Waals surface area contributed by atoms with Crippen LogP contribution < -0.4 is 0 Å². The first-order valence-corrected chi connectivity index (χ1v) is 12.2. The molecule has 3 aromatic rings. The van der Waals surface area contributed by atoms with Gasteiger partial charge in [0.05, 0.1) is 17.6 Å². The molecule has 0 saturated heterocycles. The minimum Gasteiger partial charge on any atom is -0.318 e. The van der Waals surface area contributed by atoms with Crippen LogP contribution in [0.5, 0.6) is 0 Å². The summed E-state index contributed by atoms with van der Waals surface area (Å²) in [5.41, 5.74) is 3.51. The Bertz CT molecular complexity index is 1020. The fraction of sp³-hybridized carbons (Fsp3) is 0.375. The van der Waals surface area contributed by atoms with Gasteiger partial charge in [-0.2, -0.15) is 0 Å². The molecule has 160 valence electrons. The van der Waals surface area contributed by atoms with E-state index in [9.17, 15) is 8.42 Å². The molecule has 5 nitrogen and oxygen atoms in total. The van der Waals surface area contributed by atoms with Gasteiger partial charge in [-0.15, -0.1) is 0 Å². The van der Waals surface area contributed by atoms with Crippen molar-refractivity contribution in [2.24, 2.45) is 0 Å². The van der Waals surface area contributed by atoms with Gasteiger partial charge in [0.25, 0.3) is 0 Å². The van der Waals surface area contributed by atoms with Gasteiger partial charge in [0.15, 0.2) is 0 Å². The highest BCUT2D eigenvalue weighted by molar-refractivity contribution is 7.91. The Morgan fingerprint density at radius 2 is 1.53 bits per heavy atom. The number of nitrogens with zero attached hydrogens (tertiary/aromatic N) is 3. The number of rotatable bonds is 11. The van der Waals surface area contributed by atoms with E-state index in [1.165, 1.54) is 11.1 Å². The van der Waals surface area contributed by atoms with Crippen LogP contribution in [0, 0.1) is 0 Å². The number of hydrogen-bond acceptors (Lipinski definition) is 4. The molecule has 0 aliphatic rings. The van der Waals surface area contributed by atoms with Gasteiger partial charge in [0, 0.05) is 19.6 Å². The van der Waals surface area contributed by atoms with Crippen molar-refractivity contribution in [1.82, 2.24) is 14.5 Å². The zero-order valence-corrected chi connectivity index (χ0v) is 18.7. The molecule has 0 saturated carbocycles. The molecule has 0 atom stereocenters. The molecular weight excluding hydrogens is 394 g/mol. The maximum atomic E-state index is 12.6. The van der Waals surface area contributed by atoms with E-state index in [0.29, 0.717) is 13.1 Å². The van der Waals surface area contributed by atoms with E-state index in [4.69, 9.17) is 0 Å². The first-order valence-electron chi connectivity index (χ1n) is 10.5. The molecular formula is C24H31N3O2S. The molecule has 0 amide bonds. The van der Waals surface area contributed by atoms with Crippen LogP contribution in [-0.2, 0) is 35.8 Å². The number of sulfone groups is 1. The minimum absolute atomic E-state index is 0.0615. The van der Waals surface area contributed by atoms with Gasteiger partial charge < -0.3 is 9.47 Å². The van der Waals surface area contributed by atoms with Gasteiger partial charge in [-0.1, -0.05) is 67.6 Å². The molecule has 0 fully saturated rings. The summed E-state index contributed by atoms with van der Waals surface area (Å²) in [6, 6.07) is 20.7. The van der Waals surface area contributed by atoms with Gasteiger partial charge in [-0.25, -0.2) is 13.4 Å². The van der Waals surface area contributed by atoms with Crippen molar-refractivity contribution in [3.8, 4) is 0 Å². The zero-order valence-electron chi connectivity index (χ0n) is 17.9. The summed E-state index contributed by atoms with van der Waals surface area (Å²) in [5.74, 6) is 0.0615. The van der Waals surface area contributed by atoms with Gasteiger partial charge >= 0.3 is 0 Å². The molecule has 0 radical (unpaired) electrons. The summed E-state index contributed by atoms with van der Waals surface area (Å²) in [5, 5.41) is 0.199. The average Bonchev–Trinajstić information content (AvgIpc) is 3.17. The third-order valence-electron chi connectivity index (χ3n) is 5.31. The van der Waals surface area contributed by atoms with Crippen molar-refractivity contribution in [3.63, 3.8) is 0 Å². The van der Waals surface area contributed by atoms with E-state index in [1.54, 1.807) is 13.1 Å². The lowest BCUT2D eigenvalue weighted by atomic mass is 10.1. The van der Waals surface area contributed by atoms with Crippen LogP contribution in [0.2, 0.25) is 0 Å². The molecule has 0 spiro atoms. The molecule has 0 unspecified atom stereocenters. The first-order chi connectivity index (χ1) is 14.5. The molecule has 1 aromatic heterocycles. The van der Waals surface area contributed by atoms with Crippen molar-refractivity contribution in [1.29, 1.82) is 0 Å². The Kier molecular flexibility index (Phi) is 7.82. The van der Waals surface area contributed by atoms with Crippen molar-refractivity contribution in [2.45, 2.75) is 44.4 Å². The van der Waals surface area contributed by atoms with Gasteiger partial charge in [0.1, 0.15) is 0 Å². The summed E-state index contributed by atoms with van der Waals surface area (Å²) in [4.78, 5) is 6.53. The summed E-state index contributed by atoms with van der Waals surface area (Å²) in [6.45, 7) is 3.88. The van der Waals surface area contributed by atoms with Crippen molar-refractivity contribution < 1.29 is 8.42 Å². The molecule has 1 heterocycles. The molecule has 0 N–H and O–H groups in total. The predicted molar refractivity (Wildman–Crippen MR) is 121 cm³/mol. The van der Waals surface area contributed by atoms with Gasteiger partial charge in [-0.05, 0) is 37.4 Å². The normalized spacial score (nSPS) is 11.8. The Hall–Kier alpha value is -2.44. The van der Waals surface area contributed by atoms with Crippen molar-refractivity contribution in [3.05, 3.63) is 83.7 Å². The standard InChI is InChI=1S/C24H31N3O2S/c1-3-30(28,29)24-25-19-23(20-26(2)18-16-22-13-8-5-9-14-22)27(24)17-10-15-21-11-6-4-7-12-21/h4-9,11-14,19H,3,10,15-18,20H2,1-2H3. The molecule has 2 aromatic carbocycles. The van der Waals surface area contributed by atoms with E-state index in [0.717, 1.165) is 31.5 Å². The average molecular weight is 426 g/mol. The molecule has 0 aliphatic heterocycles. The minimum atomic E-state index is -3.36. The van der Waals surface area contributed by atoms with E-state index in [2.05, 4.69) is 53.3 Å². The Balaban J connectivity index is 1.69. The summed E-state index contributed by atoms with van der Waals surface area (Å²) < 4.78 is 27.0. The Morgan fingerprint density at radius 3 is 2.13 bits per heavy atom. The first kappa shape index (κ1) is 22.2. The largest absolute Gasteiger partial charge is 0.318 e. The molecule has 0 aliphatic carbocycles. The third-order valence-corrected chi connectivity index (χ3v) is 6.95. The fourth-order valence-electron chi connectivity index (χ4n) is 3.54. The Morgan fingerprint density at radius 1 is 0.933 bits per heavy atom. The lowest BCUT2D eigenvalue weighted by molar-refractivity contribution is 0.318. The molecule has 3 rings (SSSR count). The van der Waals surface area contributed by atoms with Crippen molar-refractivity contribution in [2.75, 3.05) is 19.3 Å². The lowest BCUT2D eigenvalue weighted by Crippen LogP contribution is -2.23. The van der Waals surface area contributed by atoms with Gasteiger partial charge in [0.2, 0.25) is 15.0 Å². The van der Waals surface area contributed by atoms with E-state index < -0.39 is 9.84 Å². The van der Waals surface area contributed by atoms with Crippen LogP contribution in [0.25, 0.3) is 0 Å². The lowest BCUT2D eigenvalue weighted by Gasteiger charge is -2.19. The van der Waals surface area contributed by atoms with Gasteiger partial charge in [-0.3, -0.25) is 0 Å². The number of benzene rings is 2.